The molecule has 0 aromatic heterocycles. The van der Waals surface area contributed by atoms with Crippen LogP contribution in [-0.2, 0) is 4.84 Å². The molecule has 5 heteroatoms. The number of hydrogen-bond acceptors (Lipinski definition) is 3. The van der Waals surface area contributed by atoms with Crippen molar-refractivity contribution in [1.29, 1.82) is 0 Å². The molecule has 0 atom stereocenters. The van der Waals surface area contributed by atoms with Crippen molar-refractivity contribution in [3.63, 3.8) is 0 Å². The van der Waals surface area contributed by atoms with E-state index >= 15 is 0 Å². The second kappa shape index (κ2) is 6.33. The first-order valence-corrected chi connectivity index (χ1v) is 6.60. The van der Waals surface area contributed by atoms with E-state index in [1.54, 1.807) is 24.3 Å². The molecule has 4 nitrogen and oxygen atoms in total. The van der Waals surface area contributed by atoms with Crippen LogP contribution in [0.4, 0.5) is 0 Å². The third kappa shape index (κ3) is 3.78. The van der Waals surface area contributed by atoms with E-state index < -0.39 is 5.97 Å². The fourth-order valence-corrected chi connectivity index (χ4v) is 1.75. The first-order valence-electron chi connectivity index (χ1n) is 5.52. The van der Waals surface area contributed by atoms with Crippen molar-refractivity contribution in [2.45, 2.75) is 0 Å². The molecule has 0 amide bonds. The standard InChI is InChI=1S/C14H11IN2O2/c15-12-8-6-11(7-9-12)14(18)19-17-13(16)10-4-2-1-3-5-10/h1-9H,(H2,16,17). The van der Waals surface area contributed by atoms with Gasteiger partial charge < -0.3 is 10.6 Å². The van der Waals surface area contributed by atoms with E-state index in [0.717, 1.165) is 3.57 Å². The van der Waals surface area contributed by atoms with Gasteiger partial charge in [-0.3, -0.25) is 0 Å². The highest BCUT2D eigenvalue weighted by Crippen LogP contribution is 2.08. The zero-order valence-corrected chi connectivity index (χ0v) is 12.1. The highest BCUT2D eigenvalue weighted by atomic mass is 127. The van der Waals surface area contributed by atoms with Crippen LogP contribution in [0.15, 0.2) is 59.8 Å². The summed E-state index contributed by atoms with van der Waals surface area (Å²) in [5.74, 6) is -0.366. The lowest BCUT2D eigenvalue weighted by atomic mass is 10.2. The molecule has 2 aromatic rings. The summed E-state index contributed by atoms with van der Waals surface area (Å²) in [6, 6.07) is 16.1. The fourth-order valence-electron chi connectivity index (χ4n) is 1.39. The van der Waals surface area contributed by atoms with E-state index in [2.05, 4.69) is 27.7 Å². The quantitative estimate of drug-likeness (QED) is 0.299. The molecular formula is C14H11IN2O2. The summed E-state index contributed by atoms with van der Waals surface area (Å²) in [7, 11) is 0. The van der Waals surface area contributed by atoms with Crippen molar-refractivity contribution in [2.24, 2.45) is 10.9 Å². The normalized spacial score (nSPS) is 11.1. The van der Waals surface area contributed by atoms with E-state index in [-0.39, 0.29) is 5.84 Å². The predicted molar refractivity (Wildman–Crippen MR) is 81.7 cm³/mol. The Kier molecular flexibility index (Phi) is 4.51. The largest absolute Gasteiger partial charge is 0.380 e. The zero-order chi connectivity index (χ0) is 13.7. The van der Waals surface area contributed by atoms with Crippen LogP contribution in [0.5, 0.6) is 0 Å². The third-order valence-corrected chi connectivity index (χ3v) is 3.10. The molecule has 0 aliphatic heterocycles. The molecule has 2 rings (SSSR count). The zero-order valence-electron chi connectivity index (χ0n) is 9.92. The number of rotatable bonds is 3. The fraction of sp³-hybridized carbons (Fsp3) is 0. The molecule has 0 aliphatic carbocycles. The topological polar surface area (TPSA) is 64.7 Å². The molecule has 2 N–H and O–H groups in total. The minimum absolute atomic E-state index is 0.166. The Labute approximate surface area is 124 Å². The van der Waals surface area contributed by atoms with Crippen molar-refractivity contribution in [2.75, 3.05) is 0 Å². The van der Waals surface area contributed by atoms with Crippen LogP contribution in [0.1, 0.15) is 15.9 Å². The lowest BCUT2D eigenvalue weighted by Crippen LogP contribution is -2.15. The molecule has 0 saturated carbocycles. The maximum Gasteiger partial charge on any atom is 0.365 e. The highest BCUT2D eigenvalue weighted by molar-refractivity contribution is 14.1. The molecule has 0 radical (unpaired) electrons. The number of nitrogens with two attached hydrogens (primary N) is 1. The van der Waals surface area contributed by atoms with Crippen LogP contribution in [0, 0.1) is 3.57 Å². The van der Waals surface area contributed by atoms with Gasteiger partial charge in [0.15, 0.2) is 5.84 Å². The molecule has 0 heterocycles. The molecule has 96 valence electrons. The second-order valence-electron chi connectivity index (χ2n) is 3.73. The van der Waals surface area contributed by atoms with Gasteiger partial charge in [-0.15, -0.1) is 0 Å². The minimum Gasteiger partial charge on any atom is -0.380 e. The molecule has 0 fully saturated rings. The van der Waals surface area contributed by atoms with Gasteiger partial charge in [-0.2, -0.15) is 0 Å². The molecular weight excluding hydrogens is 355 g/mol. The van der Waals surface area contributed by atoms with Gasteiger partial charge in [0.1, 0.15) is 0 Å². The molecule has 0 spiro atoms. The Morgan fingerprint density at radius 3 is 2.26 bits per heavy atom. The van der Waals surface area contributed by atoms with E-state index in [1.807, 2.05) is 30.3 Å². The van der Waals surface area contributed by atoms with Gasteiger partial charge in [-0.25, -0.2) is 4.79 Å². The maximum absolute atomic E-state index is 11.7. The molecule has 19 heavy (non-hydrogen) atoms. The monoisotopic (exact) mass is 366 g/mol. The molecule has 0 bridgehead atoms. The van der Waals surface area contributed by atoms with Crippen LogP contribution in [-0.4, -0.2) is 11.8 Å². The SMILES string of the molecule is NC(=NOC(=O)c1ccc(I)cc1)c1ccccc1. The number of carbonyl (C=O) groups excluding carboxylic acids is 1. The van der Waals surface area contributed by atoms with Crippen LogP contribution >= 0.6 is 22.6 Å². The molecule has 0 aliphatic rings. The smallest absolute Gasteiger partial charge is 0.365 e. The van der Waals surface area contributed by atoms with Crippen LogP contribution in [0.2, 0.25) is 0 Å². The lowest BCUT2D eigenvalue weighted by molar-refractivity contribution is 0.0516. The second-order valence-corrected chi connectivity index (χ2v) is 4.97. The number of amidine groups is 1. The van der Waals surface area contributed by atoms with Crippen molar-refractivity contribution < 1.29 is 9.63 Å². The summed E-state index contributed by atoms with van der Waals surface area (Å²) in [5, 5.41) is 3.64. The number of nitrogens with zero attached hydrogens (tertiary/aromatic N) is 1. The van der Waals surface area contributed by atoms with E-state index in [4.69, 9.17) is 10.6 Å². The van der Waals surface area contributed by atoms with Crippen molar-refractivity contribution in [1.82, 2.24) is 0 Å². The molecule has 0 unspecified atom stereocenters. The van der Waals surface area contributed by atoms with Crippen LogP contribution in [0.25, 0.3) is 0 Å². The lowest BCUT2D eigenvalue weighted by Gasteiger charge is -2.01. The summed E-state index contributed by atoms with van der Waals surface area (Å²) in [4.78, 5) is 16.5. The maximum atomic E-state index is 11.7. The van der Waals surface area contributed by atoms with Crippen molar-refractivity contribution in [3.05, 3.63) is 69.3 Å². The molecule has 0 saturated heterocycles. The summed E-state index contributed by atoms with van der Waals surface area (Å²) in [6.45, 7) is 0. The summed E-state index contributed by atoms with van der Waals surface area (Å²) >= 11 is 2.16. The Bertz CT molecular complexity index is 595. The van der Waals surface area contributed by atoms with Gasteiger partial charge >= 0.3 is 5.97 Å². The van der Waals surface area contributed by atoms with Gasteiger partial charge in [0, 0.05) is 9.13 Å². The molecule has 2 aromatic carbocycles. The summed E-state index contributed by atoms with van der Waals surface area (Å²) in [6.07, 6.45) is 0. The third-order valence-electron chi connectivity index (χ3n) is 2.38. The summed E-state index contributed by atoms with van der Waals surface area (Å²) < 4.78 is 1.04. The van der Waals surface area contributed by atoms with Gasteiger partial charge in [0.2, 0.25) is 0 Å². The number of carbonyl (C=O) groups is 1. The van der Waals surface area contributed by atoms with Gasteiger partial charge in [0.25, 0.3) is 0 Å². The van der Waals surface area contributed by atoms with E-state index in [0.29, 0.717) is 11.1 Å². The van der Waals surface area contributed by atoms with Crippen LogP contribution in [0.3, 0.4) is 0 Å². The van der Waals surface area contributed by atoms with Gasteiger partial charge in [-0.05, 0) is 46.9 Å². The Morgan fingerprint density at radius 2 is 1.63 bits per heavy atom. The summed E-state index contributed by atoms with van der Waals surface area (Å²) in [5.41, 5.74) is 6.86. The average Bonchev–Trinajstić information content (AvgIpc) is 2.46. The number of oxime groups is 1. The van der Waals surface area contributed by atoms with E-state index in [1.165, 1.54) is 0 Å². The Morgan fingerprint density at radius 1 is 1.00 bits per heavy atom. The van der Waals surface area contributed by atoms with Crippen LogP contribution < -0.4 is 5.73 Å². The number of halogens is 1. The Hall–Kier alpha value is -1.89. The highest BCUT2D eigenvalue weighted by Gasteiger charge is 2.07. The minimum atomic E-state index is -0.532. The van der Waals surface area contributed by atoms with Crippen molar-refractivity contribution >= 4 is 34.4 Å². The van der Waals surface area contributed by atoms with Crippen molar-refractivity contribution in [3.8, 4) is 0 Å². The number of benzene rings is 2. The predicted octanol–water partition coefficient (Wildman–Crippen LogP) is 2.77. The van der Waals surface area contributed by atoms with E-state index in [9.17, 15) is 4.79 Å². The first-order chi connectivity index (χ1) is 9.16. The first kappa shape index (κ1) is 13.5. The van der Waals surface area contributed by atoms with Gasteiger partial charge in [0.05, 0.1) is 5.56 Å². The van der Waals surface area contributed by atoms with Gasteiger partial charge in [-0.1, -0.05) is 35.5 Å². The average molecular weight is 366 g/mol. The number of hydrogen-bond donors (Lipinski definition) is 1. The Balaban J connectivity index is 2.06.